The van der Waals surface area contributed by atoms with Gasteiger partial charge >= 0.3 is 0 Å². The first kappa shape index (κ1) is 23.5. The minimum absolute atomic E-state index is 0.163. The van der Waals surface area contributed by atoms with Crippen molar-refractivity contribution in [2.45, 2.75) is 52.8 Å². The second-order valence-electron chi connectivity index (χ2n) is 8.11. The molecule has 4 rings (SSSR count). The molecule has 0 radical (unpaired) electrons. The summed E-state index contributed by atoms with van der Waals surface area (Å²) in [6, 6.07) is 25.8. The molecule has 3 aromatic rings. The molecule has 0 unspecified atom stereocenters. The molecule has 7 heteroatoms. The molecule has 0 saturated heterocycles. The molecule has 0 atom stereocenters. The summed E-state index contributed by atoms with van der Waals surface area (Å²) < 4.78 is 28.3. The second kappa shape index (κ2) is 11.0. The van der Waals surface area contributed by atoms with E-state index in [1.165, 1.54) is 4.31 Å². The van der Waals surface area contributed by atoms with Gasteiger partial charge in [-0.25, -0.2) is 8.42 Å². The third kappa shape index (κ3) is 6.05. The molecule has 0 heterocycles. The van der Waals surface area contributed by atoms with Gasteiger partial charge in [0.05, 0.1) is 17.1 Å². The van der Waals surface area contributed by atoms with E-state index in [-0.39, 0.29) is 23.4 Å². The van der Waals surface area contributed by atoms with Crippen molar-refractivity contribution in [1.29, 1.82) is 0 Å². The fraction of sp³-hybridized carbons (Fsp3) is 0.269. The first-order chi connectivity index (χ1) is 16.0. The zero-order chi connectivity index (χ0) is 23.1. The fourth-order valence-electron chi connectivity index (χ4n) is 4.11. The molecular formula is C26H28N2O3S2. The Morgan fingerprint density at radius 2 is 1.45 bits per heavy atom. The van der Waals surface area contributed by atoms with Gasteiger partial charge in [-0.15, -0.1) is 0 Å². The smallest absolute Gasteiger partial charge is 0.243 e. The van der Waals surface area contributed by atoms with Gasteiger partial charge in [0.15, 0.2) is 0 Å². The maximum absolute atomic E-state index is 13.5. The second-order valence-corrected chi connectivity index (χ2v) is 11.1. The summed E-state index contributed by atoms with van der Waals surface area (Å²) in [5.41, 5.74) is 0.678. The molecule has 5 nitrogen and oxygen atoms in total. The van der Waals surface area contributed by atoms with Gasteiger partial charge in [0.1, 0.15) is 0 Å². The number of amides is 1. The summed E-state index contributed by atoms with van der Waals surface area (Å²) in [4.78, 5) is 15.3. The van der Waals surface area contributed by atoms with Crippen LogP contribution in [-0.4, -0.2) is 31.2 Å². The van der Waals surface area contributed by atoms with Crippen LogP contribution in [0.5, 0.6) is 0 Å². The van der Waals surface area contributed by atoms with Crippen molar-refractivity contribution < 1.29 is 13.2 Å². The quantitative estimate of drug-likeness (QED) is 0.442. The maximum Gasteiger partial charge on any atom is 0.243 e. The summed E-state index contributed by atoms with van der Waals surface area (Å²) in [5, 5.41) is 2.96. The van der Waals surface area contributed by atoms with Gasteiger partial charge in [-0.3, -0.25) is 4.79 Å². The molecule has 0 aliphatic heterocycles. The van der Waals surface area contributed by atoms with Crippen LogP contribution in [0.4, 0.5) is 5.69 Å². The van der Waals surface area contributed by atoms with Crippen LogP contribution in [0, 0.1) is 0 Å². The Labute approximate surface area is 200 Å². The van der Waals surface area contributed by atoms with Gasteiger partial charge in [-0.1, -0.05) is 79.6 Å². The van der Waals surface area contributed by atoms with Crippen molar-refractivity contribution in [2.24, 2.45) is 0 Å². The molecular weight excluding hydrogens is 452 g/mol. The van der Waals surface area contributed by atoms with Gasteiger partial charge in [0.25, 0.3) is 0 Å². The maximum atomic E-state index is 13.5. The average Bonchev–Trinajstić information content (AvgIpc) is 2.85. The number of hydrogen-bond acceptors (Lipinski definition) is 4. The number of carbonyl (C=O) groups excluding carboxylic acids is 1. The lowest BCUT2D eigenvalue weighted by atomic mass is 9.95. The first-order valence-electron chi connectivity index (χ1n) is 11.2. The van der Waals surface area contributed by atoms with E-state index in [1.807, 2.05) is 54.6 Å². The summed E-state index contributed by atoms with van der Waals surface area (Å²) in [6.45, 7) is -0.202. The van der Waals surface area contributed by atoms with Crippen LogP contribution in [0.1, 0.15) is 32.1 Å². The van der Waals surface area contributed by atoms with E-state index in [9.17, 15) is 13.2 Å². The first-order valence-corrected chi connectivity index (χ1v) is 13.5. The Morgan fingerprint density at radius 3 is 2.15 bits per heavy atom. The van der Waals surface area contributed by atoms with Crippen LogP contribution in [-0.2, 0) is 14.8 Å². The van der Waals surface area contributed by atoms with Crippen LogP contribution >= 0.6 is 11.8 Å². The minimum atomic E-state index is -3.78. The van der Waals surface area contributed by atoms with Crippen molar-refractivity contribution >= 4 is 33.4 Å². The number of para-hydroxylation sites is 1. The number of nitrogens with zero attached hydrogens (tertiary/aromatic N) is 1. The molecule has 0 bridgehead atoms. The highest BCUT2D eigenvalue weighted by molar-refractivity contribution is 7.99. The Hall–Kier alpha value is -2.61. The summed E-state index contributed by atoms with van der Waals surface area (Å²) in [5.74, 6) is -0.332. The van der Waals surface area contributed by atoms with Gasteiger partial charge in [0.2, 0.25) is 15.9 Å². The van der Waals surface area contributed by atoms with E-state index in [2.05, 4.69) is 5.32 Å². The molecule has 1 saturated carbocycles. The molecule has 172 valence electrons. The Balaban J connectivity index is 1.55. The van der Waals surface area contributed by atoms with E-state index >= 15 is 0 Å². The molecule has 0 spiro atoms. The van der Waals surface area contributed by atoms with Crippen molar-refractivity contribution in [3.63, 3.8) is 0 Å². The van der Waals surface area contributed by atoms with Crippen LogP contribution in [0.2, 0.25) is 0 Å². The minimum Gasteiger partial charge on any atom is -0.324 e. The Kier molecular flexibility index (Phi) is 7.85. The highest BCUT2D eigenvalue weighted by Gasteiger charge is 2.34. The number of benzene rings is 3. The highest BCUT2D eigenvalue weighted by Crippen LogP contribution is 2.33. The number of carbonyl (C=O) groups is 1. The number of hydrogen-bond donors (Lipinski definition) is 1. The van der Waals surface area contributed by atoms with Crippen molar-refractivity contribution in [2.75, 3.05) is 11.9 Å². The monoisotopic (exact) mass is 480 g/mol. The topological polar surface area (TPSA) is 66.5 Å². The predicted octanol–water partition coefficient (Wildman–Crippen LogP) is 5.80. The standard InChI is InChI=1S/C26H28N2O3S2/c29-26(27-24-18-10-11-19-25(24)32-22-14-6-2-7-15-22)20-28(21-12-4-1-5-13-21)33(30,31)23-16-8-3-9-17-23/h2-3,6-11,14-19,21H,1,4-5,12-13,20H2,(H,27,29). The van der Waals surface area contributed by atoms with E-state index < -0.39 is 10.0 Å². The number of nitrogens with one attached hydrogen (secondary N) is 1. The van der Waals surface area contributed by atoms with Gasteiger partial charge in [0, 0.05) is 15.8 Å². The van der Waals surface area contributed by atoms with E-state index in [0.717, 1.165) is 41.9 Å². The lowest BCUT2D eigenvalue weighted by Crippen LogP contribution is -2.45. The third-order valence-electron chi connectivity index (χ3n) is 5.76. The molecule has 1 fully saturated rings. The lowest BCUT2D eigenvalue weighted by Gasteiger charge is -2.33. The Bertz CT molecular complexity index is 1160. The van der Waals surface area contributed by atoms with E-state index in [0.29, 0.717) is 5.69 Å². The van der Waals surface area contributed by atoms with Crippen LogP contribution in [0.15, 0.2) is 99.6 Å². The van der Waals surface area contributed by atoms with Crippen LogP contribution in [0.3, 0.4) is 0 Å². The number of anilines is 1. The van der Waals surface area contributed by atoms with Crippen LogP contribution < -0.4 is 5.32 Å². The van der Waals surface area contributed by atoms with Crippen molar-refractivity contribution in [1.82, 2.24) is 4.31 Å². The summed E-state index contributed by atoms with van der Waals surface area (Å²) >= 11 is 1.56. The van der Waals surface area contributed by atoms with E-state index in [1.54, 1.807) is 42.1 Å². The van der Waals surface area contributed by atoms with Crippen molar-refractivity contribution in [3.05, 3.63) is 84.9 Å². The van der Waals surface area contributed by atoms with E-state index in [4.69, 9.17) is 0 Å². The number of sulfonamides is 1. The summed E-state index contributed by atoms with van der Waals surface area (Å²) in [6.07, 6.45) is 4.61. The SMILES string of the molecule is O=C(CN(C1CCCCC1)S(=O)(=O)c1ccccc1)Nc1ccccc1Sc1ccccc1. The highest BCUT2D eigenvalue weighted by atomic mass is 32.2. The molecule has 33 heavy (non-hydrogen) atoms. The normalized spacial score (nSPS) is 14.8. The third-order valence-corrected chi connectivity index (χ3v) is 8.76. The summed E-state index contributed by atoms with van der Waals surface area (Å²) in [7, 11) is -3.78. The molecule has 1 amide bonds. The van der Waals surface area contributed by atoms with Gasteiger partial charge < -0.3 is 5.32 Å². The molecule has 3 aromatic carbocycles. The molecule has 1 aliphatic rings. The largest absolute Gasteiger partial charge is 0.324 e. The average molecular weight is 481 g/mol. The molecule has 1 aliphatic carbocycles. The Morgan fingerprint density at radius 1 is 0.848 bits per heavy atom. The zero-order valence-corrected chi connectivity index (χ0v) is 20.0. The van der Waals surface area contributed by atoms with Gasteiger partial charge in [-0.05, 0) is 49.2 Å². The van der Waals surface area contributed by atoms with Crippen LogP contribution in [0.25, 0.3) is 0 Å². The number of rotatable bonds is 8. The fourth-order valence-corrected chi connectivity index (χ4v) is 6.70. The van der Waals surface area contributed by atoms with Gasteiger partial charge in [-0.2, -0.15) is 4.31 Å². The zero-order valence-electron chi connectivity index (χ0n) is 18.4. The molecule has 1 N–H and O–H groups in total. The predicted molar refractivity (Wildman–Crippen MR) is 133 cm³/mol. The molecule has 0 aromatic heterocycles. The van der Waals surface area contributed by atoms with Crippen molar-refractivity contribution in [3.8, 4) is 0 Å². The lowest BCUT2D eigenvalue weighted by molar-refractivity contribution is -0.116.